The summed E-state index contributed by atoms with van der Waals surface area (Å²) in [6.07, 6.45) is 1.44. The Balaban J connectivity index is 1.55. The van der Waals surface area contributed by atoms with Gasteiger partial charge in [0.2, 0.25) is 0 Å². The van der Waals surface area contributed by atoms with Crippen LogP contribution in [0.25, 0.3) is 21.9 Å². The van der Waals surface area contributed by atoms with Gasteiger partial charge in [-0.15, -0.1) is 0 Å². The van der Waals surface area contributed by atoms with Crippen molar-refractivity contribution in [3.8, 4) is 0 Å². The Labute approximate surface area is 156 Å². The summed E-state index contributed by atoms with van der Waals surface area (Å²) >= 11 is 0. The molecule has 0 N–H and O–H groups in total. The van der Waals surface area contributed by atoms with Crippen molar-refractivity contribution in [3.63, 3.8) is 0 Å². The molecule has 1 aliphatic rings. The van der Waals surface area contributed by atoms with Crippen molar-refractivity contribution in [1.29, 1.82) is 0 Å². The van der Waals surface area contributed by atoms with E-state index in [1.807, 2.05) is 26.8 Å². The van der Waals surface area contributed by atoms with Crippen LogP contribution in [0.1, 0.15) is 20.8 Å². The number of ether oxygens (including phenoxy) is 1. The van der Waals surface area contributed by atoms with Crippen molar-refractivity contribution in [1.82, 2.24) is 4.90 Å². The van der Waals surface area contributed by atoms with Crippen LogP contribution < -0.4 is 10.5 Å². The van der Waals surface area contributed by atoms with Crippen molar-refractivity contribution in [2.24, 2.45) is 0 Å². The Kier molecular flexibility index (Phi) is 4.09. The summed E-state index contributed by atoms with van der Waals surface area (Å²) in [6.45, 7) is 8.15. The average molecular weight is 370 g/mol. The van der Waals surface area contributed by atoms with Crippen molar-refractivity contribution in [2.45, 2.75) is 26.4 Å². The molecule has 4 rings (SSSR count). The number of anilines is 1. The number of nitrogens with zero attached hydrogens (tertiary/aromatic N) is 2. The van der Waals surface area contributed by atoms with Crippen LogP contribution in [0.4, 0.5) is 10.5 Å². The van der Waals surface area contributed by atoms with E-state index >= 15 is 0 Å². The molecule has 0 aliphatic carbocycles. The fourth-order valence-corrected chi connectivity index (χ4v) is 3.28. The Morgan fingerprint density at radius 1 is 1.07 bits per heavy atom. The van der Waals surface area contributed by atoms with Gasteiger partial charge in [0.1, 0.15) is 23.0 Å². The number of rotatable bonds is 1. The van der Waals surface area contributed by atoms with Gasteiger partial charge in [-0.25, -0.2) is 9.59 Å². The Morgan fingerprint density at radius 3 is 2.52 bits per heavy atom. The molecule has 1 amide bonds. The second-order valence-corrected chi connectivity index (χ2v) is 7.72. The number of hydrogen-bond acceptors (Lipinski definition) is 6. The first-order valence-corrected chi connectivity index (χ1v) is 8.98. The third kappa shape index (κ3) is 3.49. The molecule has 0 saturated carbocycles. The molecule has 2 aromatic heterocycles. The molecule has 0 radical (unpaired) electrons. The van der Waals surface area contributed by atoms with Crippen LogP contribution in [0.5, 0.6) is 0 Å². The molecule has 0 bridgehead atoms. The molecule has 7 nitrogen and oxygen atoms in total. The second kappa shape index (κ2) is 6.33. The van der Waals surface area contributed by atoms with Crippen LogP contribution in [-0.4, -0.2) is 42.8 Å². The van der Waals surface area contributed by atoms with E-state index in [1.54, 1.807) is 23.3 Å². The van der Waals surface area contributed by atoms with E-state index in [4.69, 9.17) is 13.6 Å². The van der Waals surface area contributed by atoms with Crippen LogP contribution >= 0.6 is 0 Å². The van der Waals surface area contributed by atoms with Gasteiger partial charge in [0.15, 0.2) is 0 Å². The van der Waals surface area contributed by atoms with Gasteiger partial charge in [-0.3, -0.25) is 0 Å². The van der Waals surface area contributed by atoms with Gasteiger partial charge < -0.3 is 23.4 Å². The van der Waals surface area contributed by atoms with Crippen molar-refractivity contribution >= 4 is 33.7 Å². The molecule has 1 aliphatic heterocycles. The van der Waals surface area contributed by atoms with Gasteiger partial charge in [0, 0.05) is 49.1 Å². The lowest BCUT2D eigenvalue weighted by molar-refractivity contribution is 0.0240. The maximum absolute atomic E-state index is 12.2. The minimum atomic E-state index is -0.495. The van der Waals surface area contributed by atoms with Crippen molar-refractivity contribution < 1.29 is 18.4 Å². The van der Waals surface area contributed by atoms with Crippen LogP contribution in [0.2, 0.25) is 0 Å². The maximum atomic E-state index is 12.2. The number of amides is 1. The highest BCUT2D eigenvalue weighted by Gasteiger charge is 2.27. The lowest BCUT2D eigenvalue weighted by Crippen LogP contribution is -2.50. The maximum Gasteiger partial charge on any atom is 0.410 e. The van der Waals surface area contributed by atoms with Gasteiger partial charge in [0.05, 0.1) is 5.69 Å². The van der Waals surface area contributed by atoms with Crippen molar-refractivity contribution in [2.75, 3.05) is 31.1 Å². The fourth-order valence-electron chi connectivity index (χ4n) is 3.28. The first kappa shape index (κ1) is 17.5. The predicted molar refractivity (Wildman–Crippen MR) is 102 cm³/mol. The quantitative estimate of drug-likeness (QED) is 0.609. The largest absolute Gasteiger partial charge is 0.462 e. The van der Waals surface area contributed by atoms with Gasteiger partial charge >= 0.3 is 11.7 Å². The van der Waals surface area contributed by atoms with Gasteiger partial charge in [-0.1, -0.05) is 0 Å². The van der Waals surface area contributed by atoms with Gasteiger partial charge in [-0.2, -0.15) is 0 Å². The minimum Gasteiger partial charge on any atom is -0.462 e. The monoisotopic (exact) mass is 370 g/mol. The van der Waals surface area contributed by atoms with Gasteiger partial charge in [-0.05, 0) is 32.9 Å². The van der Waals surface area contributed by atoms with E-state index in [0.717, 1.165) is 16.5 Å². The van der Waals surface area contributed by atoms with Gasteiger partial charge in [0.25, 0.3) is 0 Å². The molecule has 0 unspecified atom stereocenters. The smallest absolute Gasteiger partial charge is 0.410 e. The van der Waals surface area contributed by atoms with Crippen molar-refractivity contribution in [3.05, 3.63) is 40.9 Å². The van der Waals surface area contributed by atoms with E-state index in [9.17, 15) is 9.59 Å². The van der Waals surface area contributed by atoms with E-state index < -0.39 is 5.60 Å². The third-order valence-corrected chi connectivity index (χ3v) is 4.57. The predicted octanol–water partition coefficient (Wildman–Crippen LogP) is 3.60. The molecule has 1 aromatic carbocycles. The summed E-state index contributed by atoms with van der Waals surface area (Å²) in [4.78, 5) is 27.5. The average Bonchev–Trinajstić information content (AvgIpc) is 3.01. The zero-order valence-electron chi connectivity index (χ0n) is 15.7. The number of benzene rings is 1. The molecule has 1 fully saturated rings. The highest BCUT2D eigenvalue weighted by molar-refractivity contribution is 6.00. The van der Waals surface area contributed by atoms with E-state index in [1.165, 1.54) is 6.07 Å². The SMILES string of the molecule is CC(C)(C)OC(=O)N1CCN(c2coc3cc4oc(=O)ccc4cc23)CC1. The number of hydrogen-bond donors (Lipinski definition) is 0. The molecule has 142 valence electrons. The third-order valence-electron chi connectivity index (χ3n) is 4.57. The molecule has 7 heteroatoms. The zero-order valence-corrected chi connectivity index (χ0v) is 15.7. The zero-order chi connectivity index (χ0) is 19.2. The highest BCUT2D eigenvalue weighted by atomic mass is 16.6. The standard InChI is InChI=1S/C20H22N2O5/c1-20(2,3)27-19(24)22-8-6-21(7-9-22)15-12-25-17-11-16-13(10-14(15)17)4-5-18(23)26-16/h4-5,10-12H,6-9H2,1-3H3. The molecule has 3 heterocycles. The molecule has 3 aromatic rings. The molecular formula is C20H22N2O5. The first-order chi connectivity index (χ1) is 12.8. The molecule has 1 saturated heterocycles. The summed E-state index contributed by atoms with van der Waals surface area (Å²) in [5.74, 6) is 0. The lowest BCUT2D eigenvalue weighted by Gasteiger charge is -2.36. The number of piperazine rings is 1. The van der Waals surface area contributed by atoms with E-state index in [0.29, 0.717) is 37.3 Å². The summed E-state index contributed by atoms with van der Waals surface area (Å²) in [5.41, 5.74) is 1.27. The fraction of sp³-hybridized carbons (Fsp3) is 0.400. The molecular weight excluding hydrogens is 348 g/mol. The Hall–Kier alpha value is -2.96. The number of furan rings is 1. The first-order valence-electron chi connectivity index (χ1n) is 8.98. The second-order valence-electron chi connectivity index (χ2n) is 7.72. The van der Waals surface area contributed by atoms with Crippen LogP contribution in [-0.2, 0) is 4.74 Å². The molecule has 0 spiro atoms. The molecule has 27 heavy (non-hydrogen) atoms. The summed E-state index contributed by atoms with van der Waals surface area (Å²) < 4.78 is 16.3. The summed E-state index contributed by atoms with van der Waals surface area (Å²) in [7, 11) is 0. The molecule has 0 atom stereocenters. The summed E-state index contributed by atoms with van der Waals surface area (Å²) in [6, 6.07) is 6.87. The number of carbonyl (C=O) groups is 1. The highest BCUT2D eigenvalue weighted by Crippen LogP contribution is 2.33. The summed E-state index contributed by atoms with van der Waals surface area (Å²) in [5, 5.41) is 1.80. The minimum absolute atomic E-state index is 0.278. The van der Waals surface area contributed by atoms with E-state index in [-0.39, 0.29) is 11.7 Å². The Morgan fingerprint density at radius 2 is 1.81 bits per heavy atom. The number of fused-ring (bicyclic) bond motifs is 2. The number of carbonyl (C=O) groups excluding carboxylic acids is 1. The van der Waals surface area contributed by atoms with Crippen LogP contribution in [0.15, 0.2) is 44.2 Å². The van der Waals surface area contributed by atoms with E-state index in [2.05, 4.69) is 4.90 Å². The van der Waals surface area contributed by atoms with Crippen LogP contribution in [0.3, 0.4) is 0 Å². The Bertz CT molecular complexity index is 1050. The lowest BCUT2D eigenvalue weighted by atomic mass is 10.1. The van der Waals surface area contributed by atoms with Crippen LogP contribution in [0, 0.1) is 0 Å². The topological polar surface area (TPSA) is 76.1 Å². The normalized spacial score (nSPS) is 15.5.